The number of halogens is 1. The minimum atomic E-state index is -1.12. The first kappa shape index (κ1) is 14.5. The number of rotatable bonds is 3. The summed E-state index contributed by atoms with van der Waals surface area (Å²) in [5, 5.41) is 11.3. The van der Waals surface area contributed by atoms with Crippen molar-refractivity contribution in [2.75, 3.05) is 11.1 Å². The maximum atomic E-state index is 13.7. The summed E-state index contributed by atoms with van der Waals surface area (Å²) in [6, 6.07) is 8.15. The van der Waals surface area contributed by atoms with E-state index in [2.05, 4.69) is 5.32 Å². The first-order valence-electron chi connectivity index (χ1n) is 6.09. The lowest BCUT2D eigenvalue weighted by atomic mass is 10.1. The minimum absolute atomic E-state index is 0.00650. The highest BCUT2D eigenvalue weighted by molar-refractivity contribution is 6.06. The molecule has 0 unspecified atom stereocenters. The van der Waals surface area contributed by atoms with E-state index in [1.165, 1.54) is 30.3 Å². The van der Waals surface area contributed by atoms with Crippen molar-refractivity contribution in [2.24, 2.45) is 0 Å². The lowest BCUT2D eigenvalue weighted by molar-refractivity contribution is 0.0696. The lowest BCUT2D eigenvalue weighted by Crippen LogP contribution is -2.15. The monoisotopic (exact) mass is 288 g/mol. The molecule has 0 aliphatic heterocycles. The second-order valence-electron chi connectivity index (χ2n) is 4.54. The largest absolute Gasteiger partial charge is 0.478 e. The van der Waals surface area contributed by atoms with Crippen molar-refractivity contribution in [3.63, 3.8) is 0 Å². The predicted octanol–water partition coefficient (Wildman–Crippen LogP) is 2.67. The number of amides is 1. The smallest absolute Gasteiger partial charge is 0.335 e. The molecule has 0 atom stereocenters. The molecule has 0 heterocycles. The van der Waals surface area contributed by atoms with E-state index < -0.39 is 17.7 Å². The fraction of sp³-hybridized carbons (Fsp3) is 0.0667. The third kappa shape index (κ3) is 3.17. The van der Waals surface area contributed by atoms with Gasteiger partial charge in [-0.3, -0.25) is 4.79 Å². The first-order valence-corrected chi connectivity index (χ1v) is 6.09. The van der Waals surface area contributed by atoms with Crippen LogP contribution in [0.5, 0.6) is 0 Å². The fourth-order valence-corrected chi connectivity index (χ4v) is 1.80. The van der Waals surface area contributed by atoms with Gasteiger partial charge in [0.05, 0.1) is 22.5 Å². The Morgan fingerprint density at radius 3 is 2.48 bits per heavy atom. The van der Waals surface area contributed by atoms with Crippen molar-refractivity contribution >= 4 is 23.3 Å². The number of nitrogen functional groups attached to an aromatic ring is 1. The molecule has 5 nitrogen and oxygen atoms in total. The number of nitrogens with one attached hydrogen (secondary N) is 1. The molecular weight excluding hydrogens is 275 g/mol. The van der Waals surface area contributed by atoms with Gasteiger partial charge in [-0.05, 0) is 42.8 Å². The van der Waals surface area contributed by atoms with Gasteiger partial charge in [0.25, 0.3) is 5.91 Å². The van der Waals surface area contributed by atoms with Gasteiger partial charge < -0.3 is 16.2 Å². The van der Waals surface area contributed by atoms with Crippen LogP contribution in [0.1, 0.15) is 26.3 Å². The number of aromatic carboxylic acids is 1. The van der Waals surface area contributed by atoms with E-state index in [9.17, 15) is 14.0 Å². The number of hydrogen-bond donors (Lipinski definition) is 3. The zero-order valence-electron chi connectivity index (χ0n) is 11.2. The fourth-order valence-electron chi connectivity index (χ4n) is 1.80. The van der Waals surface area contributed by atoms with Gasteiger partial charge in [0.15, 0.2) is 0 Å². The average Bonchev–Trinajstić information content (AvgIpc) is 2.40. The van der Waals surface area contributed by atoms with Crippen molar-refractivity contribution in [3.8, 4) is 0 Å². The molecule has 21 heavy (non-hydrogen) atoms. The SMILES string of the molecule is Cc1ccc(C(=O)Nc2ccc(C(=O)O)cc2N)c(F)c1. The van der Waals surface area contributed by atoms with Crippen molar-refractivity contribution in [1.29, 1.82) is 0 Å². The molecule has 0 aliphatic carbocycles. The Balaban J connectivity index is 2.25. The van der Waals surface area contributed by atoms with E-state index in [0.29, 0.717) is 5.56 Å². The van der Waals surface area contributed by atoms with E-state index in [1.54, 1.807) is 13.0 Å². The molecule has 0 bridgehead atoms. The standard InChI is InChI=1S/C15H13FN2O3/c1-8-2-4-10(11(16)6-8)14(19)18-13-5-3-9(15(20)21)7-12(13)17/h2-7H,17H2,1H3,(H,18,19)(H,20,21). The number of anilines is 2. The van der Waals surface area contributed by atoms with Gasteiger partial charge in [-0.2, -0.15) is 0 Å². The van der Waals surface area contributed by atoms with Crippen LogP contribution in [0.3, 0.4) is 0 Å². The molecular formula is C15H13FN2O3. The van der Waals surface area contributed by atoms with E-state index in [1.807, 2.05) is 0 Å². The van der Waals surface area contributed by atoms with Crippen LogP contribution in [0, 0.1) is 12.7 Å². The second-order valence-corrected chi connectivity index (χ2v) is 4.54. The van der Waals surface area contributed by atoms with Crippen LogP contribution in [0.15, 0.2) is 36.4 Å². The topological polar surface area (TPSA) is 92.4 Å². The molecule has 4 N–H and O–H groups in total. The van der Waals surface area contributed by atoms with Gasteiger partial charge >= 0.3 is 5.97 Å². The molecule has 2 rings (SSSR count). The van der Waals surface area contributed by atoms with E-state index in [-0.39, 0.29) is 22.5 Å². The summed E-state index contributed by atoms with van der Waals surface area (Å²) >= 11 is 0. The summed E-state index contributed by atoms with van der Waals surface area (Å²) in [5.41, 5.74) is 6.60. The first-order chi connectivity index (χ1) is 9.88. The number of nitrogens with two attached hydrogens (primary N) is 1. The Morgan fingerprint density at radius 1 is 1.19 bits per heavy atom. The van der Waals surface area contributed by atoms with Crippen molar-refractivity contribution in [1.82, 2.24) is 0 Å². The van der Waals surface area contributed by atoms with Gasteiger partial charge in [0, 0.05) is 0 Å². The summed E-state index contributed by atoms with van der Waals surface area (Å²) in [5.74, 6) is -2.40. The highest BCUT2D eigenvalue weighted by Crippen LogP contribution is 2.21. The molecule has 0 radical (unpaired) electrons. The number of carbonyl (C=O) groups excluding carboxylic acids is 1. The molecule has 0 fully saturated rings. The quantitative estimate of drug-likeness (QED) is 0.757. The molecule has 0 saturated heterocycles. The Bertz CT molecular complexity index is 729. The second kappa shape index (κ2) is 5.62. The Kier molecular flexibility index (Phi) is 3.89. The summed E-state index contributed by atoms with van der Waals surface area (Å²) in [6.07, 6.45) is 0. The summed E-state index contributed by atoms with van der Waals surface area (Å²) in [4.78, 5) is 22.8. The van der Waals surface area contributed by atoms with Gasteiger partial charge in [0.2, 0.25) is 0 Å². The highest BCUT2D eigenvalue weighted by Gasteiger charge is 2.14. The van der Waals surface area contributed by atoms with Gasteiger partial charge in [-0.15, -0.1) is 0 Å². The maximum absolute atomic E-state index is 13.7. The third-order valence-electron chi connectivity index (χ3n) is 2.92. The molecule has 108 valence electrons. The highest BCUT2D eigenvalue weighted by atomic mass is 19.1. The zero-order chi connectivity index (χ0) is 15.6. The van der Waals surface area contributed by atoms with E-state index in [0.717, 1.165) is 0 Å². The molecule has 0 saturated carbocycles. The van der Waals surface area contributed by atoms with E-state index >= 15 is 0 Å². The molecule has 6 heteroatoms. The minimum Gasteiger partial charge on any atom is -0.478 e. The van der Waals surface area contributed by atoms with Crippen LogP contribution in [0.4, 0.5) is 15.8 Å². The Labute approximate surface area is 120 Å². The number of carbonyl (C=O) groups is 2. The number of aryl methyl sites for hydroxylation is 1. The van der Waals surface area contributed by atoms with Gasteiger partial charge in [-0.1, -0.05) is 6.07 Å². The Morgan fingerprint density at radius 2 is 1.90 bits per heavy atom. The number of hydrogen-bond acceptors (Lipinski definition) is 3. The lowest BCUT2D eigenvalue weighted by Gasteiger charge is -2.09. The molecule has 0 aliphatic rings. The third-order valence-corrected chi connectivity index (χ3v) is 2.92. The molecule has 0 spiro atoms. The van der Waals surface area contributed by atoms with Crippen molar-refractivity contribution in [3.05, 3.63) is 58.9 Å². The molecule has 1 amide bonds. The van der Waals surface area contributed by atoms with Crippen molar-refractivity contribution < 1.29 is 19.1 Å². The van der Waals surface area contributed by atoms with Crippen LogP contribution >= 0.6 is 0 Å². The van der Waals surface area contributed by atoms with Gasteiger partial charge in [-0.25, -0.2) is 9.18 Å². The maximum Gasteiger partial charge on any atom is 0.335 e. The summed E-state index contributed by atoms with van der Waals surface area (Å²) < 4.78 is 13.7. The van der Waals surface area contributed by atoms with Crippen LogP contribution < -0.4 is 11.1 Å². The summed E-state index contributed by atoms with van der Waals surface area (Å²) in [7, 11) is 0. The predicted molar refractivity (Wildman–Crippen MR) is 76.9 cm³/mol. The summed E-state index contributed by atoms with van der Waals surface area (Å²) in [6.45, 7) is 1.72. The van der Waals surface area contributed by atoms with Crippen LogP contribution in [0.2, 0.25) is 0 Å². The number of benzene rings is 2. The molecule has 2 aromatic carbocycles. The molecule has 0 aromatic heterocycles. The average molecular weight is 288 g/mol. The number of carboxylic acids is 1. The van der Waals surface area contributed by atoms with Gasteiger partial charge in [0.1, 0.15) is 5.82 Å². The van der Waals surface area contributed by atoms with Crippen molar-refractivity contribution in [2.45, 2.75) is 6.92 Å². The normalized spacial score (nSPS) is 10.2. The number of carboxylic acid groups (broad SMARTS) is 1. The van der Waals surface area contributed by atoms with Crippen LogP contribution in [-0.2, 0) is 0 Å². The van der Waals surface area contributed by atoms with Crippen LogP contribution in [0.25, 0.3) is 0 Å². The zero-order valence-corrected chi connectivity index (χ0v) is 11.2. The Hall–Kier alpha value is -2.89. The van der Waals surface area contributed by atoms with E-state index in [4.69, 9.17) is 10.8 Å². The van der Waals surface area contributed by atoms with Crippen LogP contribution in [-0.4, -0.2) is 17.0 Å². The molecule has 2 aromatic rings.